The standard InChI is InChI=1S/C22H18ClF3N4O2S/c23-13-1-4-17(16(9-13)22(24,25)26)30-15-3-2-14(27-12-15)11-28-20(32)21(6-7-21)10-18(31)19-5-8-29-33-19/h1-5,8-9,12,30H,6-7,10-11H2,(H,28,32). The first-order chi connectivity index (χ1) is 15.7. The molecule has 0 saturated heterocycles. The van der Waals surface area contributed by atoms with Crippen molar-refractivity contribution < 1.29 is 22.8 Å². The van der Waals surface area contributed by atoms with Crippen molar-refractivity contribution in [1.29, 1.82) is 0 Å². The van der Waals surface area contributed by atoms with Crippen LogP contribution in [0, 0.1) is 5.41 Å². The molecule has 0 radical (unpaired) electrons. The maximum Gasteiger partial charge on any atom is 0.418 e. The molecule has 0 unspecified atom stereocenters. The molecule has 0 aliphatic heterocycles. The molecule has 1 aliphatic carbocycles. The smallest absolute Gasteiger partial charge is 0.354 e. The summed E-state index contributed by atoms with van der Waals surface area (Å²) in [5.41, 5.74) is -0.826. The number of hydrogen-bond donors (Lipinski definition) is 2. The summed E-state index contributed by atoms with van der Waals surface area (Å²) in [5, 5.41) is 5.49. The highest BCUT2D eigenvalue weighted by Crippen LogP contribution is 2.49. The Morgan fingerprint density at radius 1 is 1.15 bits per heavy atom. The van der Waals surface area contributed by atoms with E-state index in [0.717, 1.165) is 17.6 Å². The highest BCUT2D eigenvalue weighted by atomic mass is 35.5. The van der Waals surface area contributed by atoms with Gasteiger partial charge in [-0.2, -0.15) is 13.2 Å². The van der Waals surface area contributed by atoms with Crippen LogP contribution in [-0.4, -0.2) is 21.0 Å². The molecule has 4 rings (SSSR count). The summed E-state index contributed by atoms with van der Waals surface area (Å²) in [7, 11) is 0. The Balaban J connectivity index is 1.35. The van der Waals surface area contributed by atoms with Crippen LogP contribution in [0.2, 0.25) is 5.02 Å². The number of anilines is 2. The predicted molar refractivity (Wildman–Crippen MR) is 119 cm³/mol. The van der Waals surface area contributed by atoms with Crippen molar-refractivity contribution in [2.75, 3.05) is 5.32 Å². The van der Waals surface area contributed by atoms with E-state index in [2.05, 4.69) is 20.0 Å². The molecule has 1 fully saturated rings. The highest BCUT2D eigenvalue weighted by molar-refractivity contribution is 7.08. The van der Waals surface area contributed by atoms with E-state index in [1.807, 2.05) is 0 Å². The van der Waals surface area contributed by atoms with E-state index in [-0.39, 0.29) is 35.4 Å². The molecule has 1 amide bonds. The Kier molecular flexibility index (Phi) is 6.40. The van der Waals surface area contributed by atoms with Crippen molar-refractivity contribution in [2.45, 2.75) is 32.0 Å². The lowest BCUT2D eigenvalue weighted by Gasteiger charge is -2.15. The molecule has 6 nitrogen and oxygen atoms in total. The number of alkyl halides is 3. The zero-order valence-electron chi connectivity index (χ0n) is 17.1. The number of hydrogen-bond acceptors (Lipinski definition) is 6. The molecule has 2 heterocycles. The predicted octanol–water partition coefficient (Wildman–Crippen LogP) is 5.62. The summed E-state index contributed by atoms with van der Waals surface area (Å²) in [6.45, 7) is 0.143. The van der Waals surface area contributed by atoms with Gasteiger partial charge in [0.1, 0.15) is 0 Å². The van der Waals surface area contributed by atoms with Gasteiger partial charge in [-0.15, -0.1) is 0 Å². The van der Waals surface area contributed by atoms with Crippen molar-refractivity contribution >= 4 is 46.2 Å². The lowest BCUT2D eigenvalue weighted by Crippen LogP contribution is -2.33. The molecule has 1 aliphatic rings. The molecule has 1 aromatic carbocycles. The minimum absolute atomic E-state index is 0.0146. The van der Waals surface area contributed by atoms with Gasteiger partial charge in [0.25, 0.3) is 0 Å². The third kappa shape index (κ3) is 5.51. The molecule has 0 bridgehead atoms. The van der Waals surface area contributed by atoms with Gasteiger partial charge in [-0.05, 0) is 60.8 Å². The minimum Gasteiger partial charge on any atom is -0.354 e. The van der Waals surface area contributed by atoms with Crippen LogP contribution in [0.4, 0.5) is 24.5 Å². The lowest BCUT2D eigenvalue weighted by molar-refractivity contribution is -0.137. The molecular weight excluding hydrogens is 477 g/mol. The fourth-order valence-electron chi connectivity index (χ4n) is 3.37. The van der Waals surface area contributed by atoms with E-state index >= 15 is 0 Å². The number of carbonyl (C=O) groups excluding carboxylic acids is 2. The van der Waals surface area contributed by atoms with Gasteiger partial charge in [0.15, 0.2) is 5.78 Å². The van der Waals surface area contributed by atoms with Crippen LogP contribution in [0.5, 0.6) is 0 Å². The van der Waals surface area contributed by atoms with Gasteiger partial charge in [0.2, 0.25) is 5.91 Å². The van der Waals surface area contributed by atoms with Crippen molar-refractivity contribution in [2.24, 2.45) is 5.41 Å². The van der Waals surface area contributed by atoms with Crippen molar-refractivity contribution in [3.63, 3.8) is 0 Å². The Morgan fingerprint density at radius 3 is 2.55 bits per heavy atom. The van der Waals surface area contributed by atoms with E-state index in [4.69, 9.17) is 11.6 Å². The number of carbonyl (C=O) groups is 2. The number of halogens is 4. The molecule has 2 N–H and O–H groups in total. The second-order valence-electron chi connectivity index (χ2n) is 7.79. The number of rotatable bonds is 8. The third-order valence-corrected chi connectivity index (χ3v) is 6.39. The molecule has 2 aromatic heterocycles. The van der Waals surface area contributed by atoms with Crippen LogP contribution in [0.1, 0.15) is 40.2 Å². The number of ketones is 1. The van der Waals surface area contributed by atoms with E-state index in [1.165, 1.54) is 18.3 Å². The first-order valence-corrected chi connectivity index (χ1v) is 11.1. The number of nitrogens with one attached hydrogen (secondary N) is 2. The monoisotopic (exact) mass is 494 g/mol. The normalized spacial score (nSPS) is 14.5. The molecule has 172 valence electrons. The van der Waals surface area contributed by atoms with Crippen LogP contribution in [0.3, 0.4) is 0 Å². The summed E-state index contributed by atoms with van der Waals surface area (Å²) in [4.78, 5) is 29.7. The molecule has 0 atom stereocenters. The van der Waals surface area contributed by atoms with Crippen LogP contribution >= 0.6 is 23.1 Å². The second kappa shape index (κ2) is 9.11. The lowest BCUT2D eigenvalue weighted by atomic mass is 9.97. The van der Waals surface area contributed by atoms with Gasteiger partial charge in [-0.1, -0.05) is 11.6 Å². The average molecular weight is 495 g/mol. The van der Waals surface area contributed by atoms with Crippen LogP contribution in [0.15, 0.2) is 48.8 Å². The van der Waals surface area contributed by atoms with E-state index in [1.54, 1.807) is 24.4 Å². The summed E-state index contributed by atoms with van der Waals surface area (Å²) in [6.07, 6.45) is -0.204. The quantitative estimate of drug-likeness (QED) is 0.397. The Bertz CT molecular complexity index is 1160. The van der Waals surface area contributed by atoms with Gasteiger partial charge in [0.05, 0.1) is 45.7 Å². The Hall–Kier alpha value is -2.98. The zero-order chi connectivity index (χ0) is 23.6. The highest BCUT2D eigenvalue weighted by Gasteiger charge is 2.51. The topological polar surface area (TPSA) is 84.0 Å². The third-order valence-electron chi connectivity index (χ3n) is 5.37. The summed E-state index contributed by atoms with van der Waals surface area (Å²) >= 11 is 6.81. The molecule has 0 spiro atoms. The van der Waals surface area contributed by atoms with Gasteiger partial charge in [0, 0.05) is 17.6 Å². The summed E-state index contributed by atoms with van der Waals surface area (Å²) in [6, 6.07) is 8.29. The van der Waals surface area contributed by atoms with Gasteiger partial charge < -0.3 is 10.6 Å². The number of pyridine rings is 1. The molecule has 3 aromatic rings. The largest absolute Gasteiger partial charge is 0.418 e. The van der Waals surface area contributed by atoms with E-state index in [9.17, 15) is 22.8 Å². The molecular formula is C22H18ClF3N4O2S. The van der Waals surface area contributed by atoms with Crippen molar-refractivity contribution in [3.05, 3.63) is 69.9 Å². The maximum absolute atomic E-state index is 13.3. The first kappa shape index (κ1) is 23.2. The van der Waals surface area contributed by atoms with Crippen LogP contribution in [-0.2, 0) is 17.5 Å². The van der Waals surface area contributed by atoms with Gasteiger partial charge in [-0.3, -0.25) is 14.6 Å². The maximum atomic E-state index is 13.3. The fraction of sp³-hybridized carbons (Fsp3) is 0.273. The van der Waals surface area contributed by atoms with Crippen molar-refractivity contribution in [3.8, 4) is 0 Å². The SMILES string of the molecule is O=C(CC1(C(=O)NCc2ccc(Nc3ccc(Cl)cc3C(F)(F)F)cn2)CC1)c1ccns1. The molecule has 11 heteroatoms. The van der Waals surface area contributed by atoms with Gasteiger partial charge >= 0.3 is 6.18 Å². The van der Waals surface area contributed by atoms with E-state index < -0.39 is 17.2 Å². The Labute approximate surface area is 196 Å². The second-order valence-corrected chi connectivity index (χ2v) is 9.06. The number of aromatic nitrogens is 2. The first-order valence-electron chi connectivity index (χ1n) is 9.97. The summed E-state index contributed by atoms with van der Waals surface area (Å²) < 4.78 is 43.7. The fourth-order valence-corrected chi connectivity index (χ4v) is 4.07. The zero-order valence-corrected chi connectivity index (χ0v) is 18.7. The van der Waals surface area contributed by atoms with Crippen LogP contribution in [0.25, 0.3) is 0 Å². The number of Topliss-reactive ketones (excluding diaryl/α,β-unsaturated/α-hetero) is 1. The number of benzene rings is 1. The van der Waals surface area contributed by atoms with E-state index in [0.29, 0.717) is 29.1 Å². The Morgan fingerprint density at radius 2 is 1.94 bits per heavy atom. The minimum atomic E-state index is -4.56. The number of amides is 1. The number of nitrogens with zero attached hydrogens (tertiary/aromatic N) is 2. The average Bonchev–Trinajstić information content (AvgIpc) is 3.33. The van der Waals surface area contributed by atoms with Crippen LogP contribution < -0.4 is 10.6 Å². The molecule has 1 saturated carbocycles. The van der Waals surface area contributed by atoms with Crippen molar-refractivity contribution in [1.82, 2.24) is 14.7 Å². The molecule has 33 heavy (non-hydrogen) atoms. The summed E-state index contributed by atoms with van der Waals surface area (Å²) in [5.74, 6) is -0.306. The van der Waals surface area contributed by atoms with Gasteiger partial charge in [-0.25, -0.2) is 4.37 Å².